The second-order valence-electron chi connectivity index (χ2n) is 3.75. The topological polar surface area (TPSA) is 0 Å². The zero-order valence-corrected chi connectivity index (χ0v) is 11.2. The maximum atomic E-state index is 13.2. The van der Waals surface area contributed by atoms with E-state index >= 15 is 0 Å². The predicted molar refractivity (Wildman–Crippen MR) is 74.9 cm³/mol. The standard InChI is InChI=1S/C14H8BrFS/c15-13-11-6-1-2-7-12(11)17-14(13)9-4-3-5-10(16)8-9/h1-8H. The SMILES string of the molecule is Fc1cccc(-c2sc3ccccc3c2Br)c1. The monoisotopic (exact) mass is 306 g/mol. The highest BCUT2D eigenvalue weighted by molar-refractivity contribution is 9.10. The highest BCUT2D eigenvalue weighted by Gasteiger charge is 2.11. The maximum Gasteiger partial charge on any atom is 0.123 e. The molecule has 0 amide bonds. The molecule has 0 saturated carbocycles. The van der Waals surface area contributed by atoms with Crippen molar-refractivity contribution in [3.63, 3.8) is 0 Å². The van der Waals surface area contributed by atoms with Gasteiger partial charge in [-0.05, 0) is 39.7 Å². The number of fused-ring (bicyclic) bond motifs is 1. The van der Waals surface area contributed by atoms with Gasteiger partial charge in [0.15, 0.2) is 0 Å². The Morgan fingerprint density at radius 2 is 1.82 bits per heavy atom. The number of halogens is 2. The minimum Gasteiger partial charge on any atom is -0.207 e. The summed E-state index contributed by atoms with van der Waals surface area (Å²) in [6.45, 7) is 0. The number of thiophene rings is 1. The third-order valence-electron chi connectivity index (χ3n) is 2.62. The van der Waals surface area contributed by atoms with Gasteiger partial charge in [0.2, 0.25) is 0 Å². The Morgan fingerprint density at radius 3 is 2.59 bits per heavy atom. The van der Waals surface area contributed by atoms with Gasteiger partial charge in [-0.1, -0.05) is 30.3 Å². The molecule has 1 aromatic heterocycles. The van der Waals surface area contributed by atoms with Crippen molar-refractivity contribution in [2.24, 2.45) is 0 Å². The summed E-state index contributed by atoms with van der Waals surface area (Å²) in [6, 6.07) is 14.9. The fourth-order valence-corrected chi connectivity index (χ4v) is 3.87. The molecule has 0 N–H and O–H groups in total. The number of benzene rings is 2. The summed E-state index contributed by atoms with van der Waals surface area (Å²) < 4.78 is 15.5. The summed E-state index contributed by atoms with van der Waals surface area (Å²) in [7, 11) is 0. The maximum absolute atomic E-state index is 13.2. The van der Waals surface area contributed by atoms with Crippen molar-refractivity contribution in [1.29, 1.82) is 0 Å². The Kier molecular flexibility index (Phi) is 2.73. The molecular weight excluding hydrogens is 299 g/mol. The van der Waals surface area contributed by atoms with Crippen LogP contribution >= 0.6 is 27.3 Å². The highest BCUT2D eigenvalue weighted by Crippen LogP contribution is 2.41. The van der Waals surface area contributed by atoms with Gasteiger partial charge in [0.05, 0.1) is 0 Å². The lowest BCUT2D eigenvalue weighted by Crippen LogP contribution is -1.76. The van der Waals surface area contributed by atoms with Gasteiger partial charge in [0, 0.05) is 19.4 Å². The molecule has 0 unspecified atom stereocenters. The fourth-order valence-electron chi connectivity index (χ4n) is 1.83. The molecule has 0 saturated heterocycles. The molecule has 17 heavy (non-hydrogen) atoms. The third-order valence-corrected chi connectivity index (χ3v) is 4.93. The molecule has 0 radical (unpaired) electrons. The summed E-state index contributed by atoms with van der Waals surface area (Å²) in [4.78, 5) is 1.07. The molecule has 2 aromatic carbocycles. The lowest BCUT2D eigenvalue weighted by atomic mass is 10.1. The van der Waals surface area contributed by atoms with Crippen LogP contribution in [0.3, 0.4) is 0 Å². The smallest absolute Gasteiger partial charge is 0.123 e. The quantitative estimate of drug-likeness (QED) is 0.559. The van der Waals surface area contributed by atoms with E-state index in [0.29, 0.717) is 0 Å². The summed E-state index contributed by atoms with van der Waals surface area (Å²) in [6.07, 6.45) is 0. The molecular formula is C14H8BrFS. The molecule has 3 aromatic rings. The van der Waals surface area contributed by atoms with E-state index in [1.54, 1.807) is 23.5 Å². The van der Waals surface area contributed by atoms with Crippen LogP contribution in [0.5, 0.6) is 0 Å². The summed E-state index contributed by atoms with van der Waals surface area (Å²) in [5, 5.41) is 1.18. The van der Waals surface area contributed by atoms with Crippen LogP contribution in [0, 0.1) is 5.82 Å². The Hall–Kier alpha value is -1.19. The molecule has 1 heterocycles. The van der Waals surface area contributed by atoms with Gasteiger partial charge in [-0.3, -0.25) is 0 Å². The molecule has 0 atom stereocenters. The van der Waals surface area contributed by atoms with E-state index in [1.165, 1.54) is 16.2 Å². The predicted octanol–water partition coefficient (Wildman–Crippen LogP) is 5.47. The van der Waals surface area contributed by atoms with Crippen LogP contribution in [0.4, 0.5) is 4.39 Å². The lowest BCUT2D eigenvalue weighted by molar-refractivity contribution is 0.628. The minimum absolute atomic E-state index is 0.202. The zero-order valence-electron chi connectivity index (χ0n) is 8.78. The van der Waals surface area contributed by atoms with Gasteiger partial charge in [-0.25, -0.2) is 4.39 Å². The Balaban J connectivity index is 2.27. The average Bonchev–Trinajstić information content (AvgIpc) is 2.68. The van der Waals surface area contributed by atoms with Crippen molar-refractivity contribution >= 4 is 37.4 Å². The highest BCUT2D eigenvalue weighted by atomic mass is 79.9. The first-order chi connectivity index (χ1) is 8.25. The first-order valence-corrected chi connectivity index (χ1v) is 6.79. The van der Waals surface area contributed by atoms with Crippen LogP contribution < -0.4 is 0 Å². The summed E-state index contributed by atoms with van der Waals surface area (Å²) >= 11 is 5.27. The fraction of sp³-hybridized carbons (Fsp3) is 0. The van der Waals surface area contributed by atoms with Gasteiger partial charge < -0.3 is 0 Å². The van der Waals surface area contributed by atoms with Crippen LogP contribution in [-0.2, 0) is 0 Å². The van der Waals surface area contributed by atoms with Crippen molar-refractivity contribution in [2.75, 3.05) is 0 Å². The second-order valence-corrected chi connectivity index (χ2v) is 5.60. The van der Waals surface area contributed by atoms with Crippen LogP contribution in [-0.4, -0.2) is 0 Å². The van der Waals surface area contributed by atoms with Crippen molar-refractivity contribution in [2.45, 2.75) is 0 Å². The normalized spacial score (nSPS) is 10.9. The van der Waals surface area contributed by atoms with Crippen molar-refractivity contribution < 1.29 is 4.39 Å². The number of hydrogen-bond acceptors (Lipinski definition) is 1. The van der Waals surface area contributed by atoms with Crippen LogP contribution in [0.25, 0.3) is 20.5 Å². The molecule has 0 nitrogen and oxygen atoms in total. The molecule has 0 spiro atoms. The van der Waals surface area contributed by atoms with Crippen LogP contribution in [0.1, 0.15) is 0 Å². The first kappa shape index (κ1) is 10.9. The van der Waals surface area contributed by atoms with Gasteiger partial charge in [-0.2, -0.15) is 0 Å². The van der Waals surface area contributed by atoms with E-state index in [-0.39, 0.29) is 5.82 Å². The molecule has 84 valence electrons. The van der Waals surface area contributed by atoms with Crippen LogP contribution in [0.15, 0.2) is 53.0 Å². The Morgan fingerprint density at radius 1 is 1.00 bits per heavy atom. The number of hydrogen-bond donors (Lipinski definition) is 0. The Bertz CT molecular complexity index is 688. The molecule has 3 heteroatoms. The van der Waals surface area contributed by atoms with E-state index in [0.717, 1.165) is 14.9 Å². The van der Waals surface area contributed by atoms with Crippen molar-refractivity contribution in [3.8, 4) is 10.4 Å². The van der Waals surface area contributed by atoms with Gasteiger partial charge in [-0.15, -0.1) is 11.3 Å². The van der Waals surface area contributed by atoms with Crippen molar-refractivity contribution in [3.05, 3.63) is 58.8 Å². The average molecular weight is 307 g/mol. The van der Waals surface area contributed by atoms with Crippen molar-refractivity contribution in [1.82, 2.24) is 0 Å². The van der Waals surface area contributed by atoms with Gasteiger partial charge >= 0.3 is 0 Å². The summed E-state index contributed by atoms with van der Waals surface area (Å²) in [5.74, 6) is -0.202. The summed E-state index contributed by atoms with van der Waals surface area (Å²) in [5.41, 5.74) is 0.915. The minimum atomic E-state index is -0.202. The van der Waals surface area contributed by atoms with E-state index in [1.807, 2.05) is 18.2 Å². The molecule has 3 rings (SSSR count). The molecule has 0 aliphatic heterocycles. The first-order valence-electron chi connectivity index (χ1n) is 5.18. The van der Waals surface area contributed by atoms with E-state index in [9.17, 15) is 4.39 Å². The lowest BCUT2D eigenvalue weighted by Gasteiger charge is -1.98. The van der Waals surface area contributed by atoms with Crippen LogP contribution in [0.2, 0.25) is 0 Å². The Labute approximate surface area is 111 Å². The number of rotatable bonds is 1. The van der Waals surface area contributed by atoms with Gasteiger partial charge in [0.1, 0.15) is 5.82 Å². The van der Waals surface area contributed by atoms with E-state index < -0.39 is 0 Å². The zero-order chi connectivity index (χ0) is 11.8. The third kappa shape index (κ3) is 1.90. The largest absolute Gasteiger partial charge is 0.207 e. The molecule has 0 aliphatic carbocycles. The van der Waals surface area contributed by atoms with E-state index in [4.69, 9.17) is 0 Å². The molecule has 0 fully saturated rings. The molecule has 0 bridgehead atoms. The molecule has 0 aliphatic rings. The second kappa shape index (κ2) is 4.24. The van der Waals surface area contributed by atoms with E-state index in [2.05, 4.69) is 28.1 Å². The van der Waals surface area contributed by atoms with Gasteiger partial charge in [0.25, 0.3) is 0 Å².